The molecule has 2 heterocycles. The van der Waals surface area contributed by atoms with Crippen LogP contribution in [-0.4, -0.2) is 31.5 Å². The number of hydrogen-bond donors (Lipinski definition) is 1. The van der Waals surface area contributed by atoms with Crippen molar-refractivity contribution in [3.05, 3.63) is 24.0 Å². The Bertz CT molecular complexity index is 727. The van der Waals surface area contributed by atoms with Gasteiger partial charge >= 0.3 is 0 Å². The van der Waals surface area contributed by atoms with E-state index in [2.05, 4.69) is 25.3 Å². The third-order valence-electron chi connectivity index (χ3n) is 4.37. The summed E-state index contributed by atoms with van der Waals surface area (Å²) < 4.78 is 28.4. The molecule has 1 fully saturated rings. The average Bonchev–Trinajstić information content (AvgIpc) is 2.86. The molecule has 0 saturated carbocycles. The van der Waals surface area contributed by atoms with Crippen LogP contribution in [0.25, 0.3) is 11.0 Å². The Hall–Kier alpha value is -1.24. The van der Waals surface area contributed by atoms with Crippen LogP contribution in [0.15, 0.2) is 23.1 Å². The minimum atomic E-state index is -1.98. The lowest BCUT2D eigenvalue weighted by Crippen LogP contribution is -2.25. The first kappa shape index (κ1) is 16.6. The highest BCUT2D eigenvalue weighted by Gasteiger charge is 2.25. The molecule has 6 heteroatoms. The maximum atomic E-state index is 11.3. The molecule has 3 rings (SSSR count). The molecule has 1 aromatic heterocycles. The van der Waals surface area contributed by atoms with Crippen molar-refractivity contribution in [2.45, 2.75) is 50.5 Å². The molecule has 1 aliphatic heterocycles. The van der Waals surface area contributed by atoms with Crippen LogP contribution in [0.4, 0.5) is 0 Å². The maximum absolute atomic E-state index is 11.3. The zero-order valence-corrected chi connectivity index (χ0v) is 14.7. The van der Waals surface area contributed by atoms with Gasteiger partial charge in [0.05, 0.1) is 15.9 Å². The fraction of sp³-hybridized carbons (Fsp3) is 0.588. The van der Waals surface area contributed by atoms with E-state index in [9.17, 15) is 8.76 Å². The van der Waals surface area contributed by atoms with Gasteiger partial charge in [0.2, 0.25) is 0 Å². The Labute approximate surface area is 139 Å². The van der Waals surface area contributed by atoms with Gasteiger partial charge in [-0.3, -0.25) is 0 Å². The predicted molar refractivity (Wildman–Crippen MR) is 91.0 cm³/mol. The maximum Gasteiger partial charge on any atom is 0.186 e. The second-order valence-corrected chi connectivity index (χ2v) is 8.22. The first-order valence-electron chi connectivity index (χ1n) is 8.05. The summed E-state index contributed by atoms with van der Waals surface area (Å²) in [7, 11) is 0. The second kappa shape index (κ2) is 6.34. The molecule has 0 spiro atoms. The standard InChI is InChI=1S/C17H24N2O3S/c1-17(2,3)16-18-14-10-13(23(20)21)4-5-15(14)19(16)11-12-6-8-22-9-7-12/h4-5,10,12H,6-9,11H2,1-3H3,(H,20,21). The second-order valence-electron chi connectivity index (χ2n) is 7.25. The lowest BCUT2D eigenvalue weighted by molar-refractivity contribution is 0.0611. The fourth-order valence-corrected chi connectivity index (χ4v) is 3.56. The smallest absolute Gasteiger partial charge is 0.186 e. The average molecular weight is 336 g/mol. The first-order valence-corrected chi connectivity index (χ1v) is 9.16. The number of aromatic nitrogens is 2. The van der Waals surface area contributed by atoms with Gasteiger partial charge in [0.15, 0.2) is 11.1 Å². The van der Waals surface area contributed by atoms with E-state index in [0.717, 1.165) is 49.5 Å². The summed E-state index contributed by atoms with van der Waals surface area (Å²) in [5.41, 5.74) is 1.75. The molecule has 1 N–H and O–H groups in total. The Morgan fingerprint density at radius 3 is 2.65 bits per heavy atom. The number of hydrogen-bond acceptors (Lipinski definition) is 3. The molecule has 1 atom stereocenters. The van der Waals surface area contributed by atoms with E-state index in [1.807, 2.05) is 6.07 Å². The minimum Gasteiger partial charge on any atom is -0.381 e. The van der Waals surface area contributed by atoms with E-state index in [1.165, 1.54) is 0 Å². The Morgan fingerprint density at radius 2 is 2.04 bits per heavy atom. The Balaban J connectivity index is 2.06. The van der Waals surface area contributed by atoms with Crippen LogP contribution in [0.3, 0.4) is 0 Å². The number of rotatable bonds is 3. The highest BCUT2D eigenvalue weighted by molar-refractivity contribution is 7.79. The summed E-state index contributed by atoms with van der Waals surface area (Å²) in [6, 6.07) is 5.36. The molecule has 0 amide bonds. The van der Waals surface area contributed by atoms with Crippen molar-refractivity contribution in [2.75, 3.05) is 13.2 Å². The van der Waals surface area contributed by atoms with Crippen LogP contribution in [-0.2, 0) is 27.8 Å². The molecule has 0 radical (unpaired) electrons. The lowest BCUT2D eigenvalue weighted by Gasteiger charge is -2.26. The normalized spacial score (nSPS) is 18.4. The van der Waals surface area contributed by atoms with E-state index in [4.69, 9.17) is 9.72 Å². The number of fused-ring (bicyclic) bond motifs is 1. The van der Waals surface area contributed by atoms with Gasteiger partial charge in [0.1, 0.15) is 5.82 Å². The molecule has 23 heavy (non-hydrogen) atoms. The topological polar surface area (TPSA) is 64.3 Å². The summed E-state index contributed by atoms with van der Waals surface area (Å²) in [6.45, 7) is 9.04. The molecule has 1 saturated heterocycles. The van der Waals surface area contributed by atoms with Gasteiger partial charge in [-0.1, -0.05) is 20.8 Å². The van der Waals surface area contributed by atoms with E-state index >= 15 is 0 Å². The van der Waals surface area contributed by atoms with Gasteiger partial charge in [-0.25, -0.2) is 9.19 Å². The molecule has 1 unspecified atom stereocenters. The zero-order valence-electron chi connectivity index (χ0n) is 13.9. The number of ether oxygens (including phenoxy) is 1. The molecule has 126 valence electrons. The quantitative estimate of drug-likeness (QED) is 0.873. The predicted octanol–water partition coefficient (Wildman–Crippen LogP) is 3.34. The molecule has 0 aliphatic carbocycles. The number of benzene rings is 1. The van der Waals surface area contributed by atoms with Crippen LogP contribution >= 0.6 is 0 Å². The SMILES string of the molecule is CC(C)(C)c1nc2cc(S(=O)O)ccc2n1CC1CCOCC1. The van der Waals surface area contributed by atoms with Crippen LogP contribution in [0.2, 0.25) is 0 Å². The third kappa shape index (κ3) is 3.49. The van der Waals surface area contributed by atoms with Crippen molar-refractivity contribution >= 4 is 22.1 Å². The molecule has 1 aliphatic rings. The summed E-state index contributed by atoms with van der Waals surface area (Å²) >= 11 is -1.98. The molecule has 5 nitrogen and oxygen atoms in total. The molecule has 2 aromatic rings. The minimum absolute atomic E-state index is 0.0806. The van der Waals surface area contributed by atoms with Crippen molar-refractivity contribution in [1.82, 2.24) is 9.55 Å². The zero-order chi connectivity index (χ0) is 16.6. The highest BCUT2D eigenvalue weighted by Crippen LogP contribution is 2.30. The third-order valence-corrected chi connectivity index (χ3v) is 5.03. The van der Waals surface area contributed by atoms with Gasteiger partial charge < -0.3 is 13.9 Å². The van der Waals surface area contributed by atoms with Crippen molar-refractivity contribution < 1.29 is 13.5 Å². The Morgan fingerprint density at radius 1 is 1.35 bits per heavy atom. The number of nitrogens with zero attached hydrogens (tertiary/aromatic N) is 2. The molecular formula is C17H24N2O3S. The Kier molecular flexibility index (Phi) is 4.58. The van der Waals surface area contributed by atoms with Gasteiger partial charge in [-0.05, 0) is 37.0 Å². The molecular weight excluding hydrogens is 312 g/mol. The van der Waals surface area contributed by atoms with Crippen molar-refractivity contribution in [1.29, 1.82) is 0 Å². The summed E-state index contributed by atoms with van der Waals surface area (Å²) in [5.74, 6) is 1.62. The van der Waals surface area contributed by atoms with Crippen LogP contribution in [0.5, 0.6) is 0 Å². The summed E-state index contributed by atoms with van der Waals surface area (Å²) in [4.78, 5) is 5.18. The molecule has 1 aromatic carbocycles. The first-order chi connectivity index (χ1) is 10.9. The van der Waals surface area contributed by atoms with Crippen molar-refractivity contribution in [3.63, 3.8) is 0 Å². The van der Waals surface area contributed by atoms with Crippen LogP contribution < -0.4 is 0 Å². The van der Waals surface area contributed by atoms with Crippen molar-refractivity contribution in [3.8, 4) is 0 Å². The van der Waals surface area contributed by atoms with E-state index in [-0.39, 0.29) is 5.41 Å². The van der Waals surface area contributed by atoms with E-state index in [1.54, 1.807) is 12.1 Å². The van der Waals surface area contributed by atoms with E-state index in [0.29, 0.717) is 10.8 Å². The molecule has 0 bridgehead atoms. The fourth-order valence-electron chi connectivity index (χ4n) is 3.16. The van der Waals surface area contributed by atoms with Gasteiger partial charge in [-0.2, -0.15) is 0 Å². The monoisotopic (exact) mass is 336 g/mol. The van der Waals surface area contributed by atoms with E-state index < -0.39 is 11.1 Å². The van der Waals surface area contributed by atoms with Gasteiger partial charge in [-0.15, -0.1) is 0 Å². The highest BCUT2D eigenvalue weighted by atomic mass is 32.2. The van der Waals surface area contributed by atoms with Gasteiger partial charge in [0.25, 0.3) is 0 Å². The number of imidazole rings is 1. The van der Waals surface area contributed by atoms with Crippen LogP contribution in [0.1, 0.15) is 39.4 Å². The lowest BCUT2D eigenvalue weighted by atomic mass is 9.94. The van der Waals surface area contributed by atoms with Gasteiger partial charge in [0, 0.05) is 25.2 Å². The van der Waals surface area contributed by atoms with Crippen molar-refractivity contribution in [2.24, 2.45) is 5.92 Å². The largest absolute Gasteiger partial charge is 0.381 e. The summed E-state index contributed by atoms with van der Waals surface area (Å²) in [6.07, 6.45) is 2.14. The summed E-state index contributed by atoms with van der Waals surface area (Å²) in [5, 5.41) is 0. The van der Waals surface area contributed by atoms with Crippen LogP contribution in [0, 0.1) is 5.92 Å².